The van der Waals surface area contributed by atoms with Crippen molar-refractivity contribution in [2.45, 2.75) is 23.9 Å². The molecule has 1 aliphatic heterocycles. The molecule has 0 unspecified atom stereocenters. The van der Waals surface area contributed by atoms with Crippen LogP contribution in [0.3, 0.4) is 0 Å². The van der Waals surface area contributed by atoms with E-state index in [9.17, 15) is 9.18 Å². The molecule has 3 heterocycles. The number of nitrogens with zero attached hydrogens (tertiary/aromatic N) is 3. The number of thiophene rings is 1. The molecule has 0 spiro atoms. The van der Waals surface area contributed by atoms with Gasteiger partial charge in [-0.25, -0.2) is 9.37 Å². The van der Waals surface area contributed by atoms with E-state index in [4.69, 9.17) is 4.98 Å². The van der Waals surface area contributed by atoms with Gasteiger partial charge < -0.3 is 4.90 Å². The Balaban J connectivity index is 1.67. The maximum absolute atomic E-state index is 14.1. The van der Waals surface area contributed by atoms with Crippen LogP contribution in [0.2, 0.25) is 0 Å². The third-order valence-corrected chi connectivity index (χ3v) is 7.46. The molecule has 152 valence electrons. The quantitative estimate of drug-likeness (QED) is 0.337. The van der Waals surface area contributed by atoms with E-state index >= 15 is 0 Å². The smallest absolute Gasteiger partial charge is 0.267 e. The summed E-state index contributed by atoms with van der Waals surface area (Å²) < 4.78 is 15.8. The van der Waals surface area contributed by atoms with E-state index in [2.05, 4.69) is 11.9 Å². The number of hydrogen-bond donors (Lipinski definition) is 0. The van der Waals surface area contributed by atoms with Gasteiger partial charge in [0.15, 0.2) is 5.16 Å². The molecule has 5 rings (SSSR count). The lowest BCUT2D eigenvalue weighted by Gasteiger charge is -2.21. The Labute approximate surface area is 182 Å². The van der Waals surface area contributed by atoms with Crippen LogP contribution in [0.25, 0.3) is 15.9 Å². The molecule has 0 aliphatic carbocycles. The Kier molecular flexibility index (Phi) is 5.18. The van der Waals surface area contributed by atoms with Gasteiger partial charge in [0, 0.05) is 23.7 Å². The Morgan fingerprint density at radius 1 is 1.13 bits per heavy atom. The van der Waals surface area contributed by atoms with Crippen molar-refractivity contribution in [2.24, 2.45) is 0 Å². The van der Waals surface area contributed by atoms with Gasteiger partial charge in [-0.1, -0.05) is 48.2 Å². The van der Waals surface area contributed by atoms with Crippen molar-refractivity contribution in [3.63, 3.8) is 0 Å². The molecule has 2 aromatic carbocycles. The Bertz CT molecular complexity index is 1280. The highest BCUT2D eigenvalue weighted by atomic mass is 32.2. The minimum absolute atomic E-state index is 0.0377. The Morgan fingerprint density at radius 2 is 1.90 bits per heavy atom. The number of benzene rings is 2. The first-order chi connectivity index (χ1) is 14.6. The summed E-state index contributed by atoms with van der Waals surface area (Å²) in [5, 5.41) is 1.33. The molecular weight excluding hydrogens is 417 g/mol. The van der Waals surface area contributed by atoms with Gasteiger partial charge in [-0.3, -0.25) is 9.36 Å². The monoisotopic (exact) mass is 437 g/mol. The summed E-state index contributed by atoms with van der Waals surface area (Å²) in [6.45, 7) is 1.78. The van der Waals surface area contributed by atoms with Crippen LogP contribution in [-0.2, 0) is 18.7 Å². The molecule has 0 fully saturated rings. The second-order valence-corrected chi connectivity index (χ2v) is 9.45. The van der Waals surface area contributed by atoms with E-state index in [1.165, 1.54) is 22.7 Å². The van der Waals surface area contributed by atoms with Gasteiger partial charge in [0.05, 0.1) is 11.1 Å². The fourth-order valence-electron chi connectivity index (χ4n) is 3.81. The maximum atomic E-state index is 14.1. The average Bonchev–Trinajstić information content (AvgIpc) is 3.11. The molecule has 0 saturated heterocycles. The summed E-state index contributed by atoms with van der Waals surface area (Å²) in [7, 11) is 2.10. The molecular formula is C23H20FN3OS2. The second-order valence-electron chi connectivity index (χ2n) is 7.42. The van der Waals surface area contributed by atoms with Crippen molar-refractivity contribution in [3.8, 4) is 5.69 Å². The Morgan fingerprint density at radius 3 is 2.70 bits per heavy atom. The normalized spacial score (nSPS) is 14.2. The SMILES string of the molecule is CN1CCc2c(sc3nc(SCc4ccccc4F)n(-c4ccccc4)c(=O)c23)C1. The van der Waals surface area contributed by atoms with E-state index in [-0.39, 0.29) is 11.4 Å². The van der Waals surface area contributed by atoms with Gasteiger partial charge >= 0.3 is 0 Å². The molecule has 0 atom stereocenters. The maximum Gasteiger partial charge on any atom is 0.267 e. The van der Waals surface area contributed by atoms with E-state index in [0.29, 0.717) is 16.5 Å². The summed E-state index contributed by atoms with van der Waals surface area (Å²) in [6, 6.07) is 16.3. The Hall–Kier alpha value is -2.48. The zero-order valence-electron chi connectivity index (χ0n) is 16.5. The third kappa shape index (κ3) is 3.47. The standard InChI is InChI=1S/C23H20FN3OS2/c1-26-12-11-17-19(13-26)30-21-20(17)22(28)27(16-8-3-2-4-9-16)23(25-21)29-14-15-7-5-6-10-18(15)24/h2-10H,11-14H2,1H3. The number of thioether (sulfide) groups is 1. The molecule has 2 aromatic heterocycles. The highest BCUT2D eigenvalue weighted by molar-refractivity contribution is 7.98. The van der Waals surface area contributed by atoms with Crippen LogP contribution in [-0.4, -0.2) is 28.0 Å². The molecule has 0 bridgehead atoms. The molecule has 0 N–H and O–H groups in total. The molecule has 0 amide bonds. The van der Waals surface area contributed by atoms with Crippen molar-refractivity contribution < 1.29 is 4.39 Å². The van der Waals surface area contributed by atoms with Crippen molar-refractivity contribution in [2.75, 3.05) is 13.6 Å². The summed E-state index contributed by atoms with van der Waals surface area (Å²) in [6.07, 6.45) is 0.860. The van der Waals surface area contributed by atoms with Gasteiger partial charge in [0.2, 0.25) is 0 Å². The fourth-order valence-corrected chi connectivity index (χ4v) is 6.15. The van der Waals surface area contributed by atoms with Gasteiger partial charge in [-0.05, 0) is 42.8 Å². The third-order valence-electron chi connectivity index (χ3n) is 5.36. The lowest BCUT2D eigenvalue weighted by atomic mass is 10.1. The molecule has 30 heavy (non-hydrogen) atoms. The van der Waals surface area contributed by atoms with Crippen LogP contribution in [0.15, 0.2) is 64.5 Å². The van der Waals surface area contributed by atoms with E-state index in [1.807, 2.05) is 36.4 Å². The number of likely N-dealkylation sites (N-methyl/N-ethyl adjacent to an activating group) is 1. The van der Waals surface area contributed by atoms with E-state index in [1.54, 1.807) is 28.0 Å². The summed E-state index contributed by atoms with van der Waals surface area (Å²) in [4.78, 5) is 22.8. The molecule has 4 aromatic rings. The number of rotatable bonds is 4. The summed E-state index contributed by atoms with van der Waals surface area (Å²) in [5.41, 5.74) is 2.48. The number of hydrogen-bond acceptors (Lipinski definition) is 5. The molecule has 4 nitrogen and oxygen atoms in total. The zero-order chi connectivity index (χ0) is 20.7. The second kappa shape index (κ2) is 7.98. The first kappa shape index (κ1) is 19.5. The summed E-state index contributed by atoms with van der Waals surface area (Å²) >= 11 is 3.00. The van der Waals surface area contributed by atoms with Crippen LogP contribution in [0.5, 0.6) is 0 Å². The van der Waals surface area contributed by atoms with Gasteiger partial charge in [0.25, 0.3) is 5.56 Å². The van der Waals surface area contributed by atoms with Crippen molar-refractivity contribution in [1.29, 1.82) is 0 Å². The van der Waals surface area contributed by atoms with Gasteiger partial charge in [-0.15, -0.1) is 11.3 Å². The van der Waals surface area contributed by atoms with Gasteiger partial charge in [-0.2, -0.15) is 0 Å². The molecule has 7 heteroatoms. The largest absolute Gasteiger partial charge is 0.301 e. The predicted molar refractivity (Wildman–Crippen MR) is 121 cm³/mol. The highest BCUT2D eigenvalue weighted by Crippen LogP contribution is 2.34. The number of aromatic nitrogens is 2. The minimum Gasteiger partial charge on any atom is -0.301 e. The van der Waals surface area contributed by atoms with Crippen molar-refractivity contribution in [1.82, 2.24) is 14.5 Å². The first-order valence-corrected chi connectivity index (χ1v) is 11.6. The summed E-state index contributed by atoms with van der Waals surface area (Å²) in [5.74, 6) is 0.167. The van der Waals surface area contributed by atoms with Gasteiger partial charge in [0.1, 0.15) is 10.6 Å². The average molecular weight is 438 g/mol. The number of fused-ring (bicyclic) bond motifs is 3. The molecule has 0 radical (unpaired) electrons. The zero-order valence-corrected chi connectivity index (χ0v) is 18.1. The predicted octanol–water partition coefficient (Wildman–Crippen LogP) is 4.87. The van der Waals surface area contributed by atoms with Crippen LogP contribution >= 0.6 is 23.1 Å². The number of para-hydroxylation sites is 1. The topological polar surface area (TPSA) is 38.1 Å². The van der Waals surface area contributed by atoms with Crippen molar-refractivity contribution in [3.05, 3.63) is 86.8 Å². The van der Waals surface area contributed by atoms with E-state index in [0.717, 1.165) is 41.0 Å². The minimum atomic E-state index is -0.241. The molecule has 1 aliphatic rings. The highest BCUT2D eigenvalue weighted by Gasteiger charge is 2.24. The van der Waals surface area contributed by atoms with Crippen LogP contribution in [0.4, 0.5) is 4.39 Å². The van der Waals surface area contributed by atoms with E-state index < -0.39 is 0 Å². The van der Waals surface area contributed by atoms with Crippen LogP contribution in [0.1, 0.15) is 16.0 Å². The van der Waals surface area contributed by atoms with Crippen LogP contribution < -0.4 is 5.56 Å². The van der Waals surface area contributed by atoms with Crippen LogP contribution in [0, 0.1) is 5.82 Å². The first-order valence-electron chi connectivity index (χ1n) is 9.79. The fraction of sp³-hybridized carbons (Fsp3) is 0.217. The lowest BCUT2D eigenvalue weighted by molar-refractivity contribution is 0.318. The molecule has 0 saturated carbocycles. The lowest BCUT2D eigenvalue weighted by Crippen LogP contribution is -2.27. The van der Waals surface area contributed by atoms with Crippen molar-refractivity contribution >= 4 is 33.3 Å². The number of halogens is 1.